The first-order valence-corrected chi connectivity index (χ1v) is 11.0. The van der Waals surface area contributed by atoms with Crippen LogP contribution in [-0.4, -0.2) is 34.6 Å². The Kier molecular flexibility index (Phi) is 5.76. The van der Waals surface area contributed by atoms with E-state index in [9.17, 15) is 4.79 Å². The van der Waals surface area contributed by atoms with Crippen molar-refractivity contribution in [3.8, 4) is 23.0 Å². The lowest BCUT2D eigenvalue weighted by Gasteiger charge is -2.25. The smallest absolute Gasteiger partial charge is 0.276 e. The van der Waals surface area contributed by atoms with E-state index in [0.29, 0.717) is 34.7 Å². The van der Waals surface area contributed by atoms with Crippen LogP contribution in [0, 0.1) is 0 Å². The van der Waals surface area contributed by atoms with Crippen LogP contribution in [0.25, 0.3) is 11.5 Å². The Balaban J connectivity index is 1.17. The summed E-state index contributed by atoms with van der Waals surface area (Å²) in [5.41, 5.74) is 2.06. The van der Waals surface area contributed by atoms with Gasteiger partial charge in [0.1, 0.15) is 12.7 Å². The summed E-state index contributed by atoms with van der Waals surface area (Å²) in [5.74, 6) is 2.39. The molecule has 2 heterocycles. The van der Waals surface area contributed by atoms with E-state index in [-0.39, 0.29) is 12.0 Å². The van der Waals surface area contributed by atoms with Gasteiger partial charge in [0, 0.05) is 22.6 Å². The Morgan fingerprint density at radius 2 is 1.69 bits per heavy atom. The molecule has 1 amide bonds. The van der Waals surface area contributed by atoms with Crippen LogP contribution in [-0.2, 0) is 0 Å². The molecule has 1 aliphatic heterocycles. The van der Waals surface area contributed by atoms with E-state index in [1.54, 1.807) is 24.3 Å². The fraction of sp³-hybridized carbons (Fsp3) is 0.125. The first kappa shape index (κ1) is 20.1. The third-order valence-electron chi connectivity index (χ3n) is 4.79. The van der Waals surface area contributed by atoms with Gasteiger partial charge in [-0.25, -0.2) is 0 Å². The summed E-state index contributed by atoms with van der Waals surface area (Å²) in [7, 11) is 0. The van der Waals surface area contributed by atoms with Gasteiger partial charge in [0.05, 0.1) is 0 Å². The molecule has 8 heteroatoms. The van der Waals surface area contributed by atoms with Gasteiger partial charge in [-0.1, -0.05) is 42.1 Å². The Morgan fingerprint density at radius 3 is 2.50 bits per heavy atom. The van der Waals surface area contributed by atoms with Crippen LogP contribution in [0.15, 0.2) is 88.5 Å². The van der Waals surface area contributed by atoms with Gasteiger partial charge in [-0.15, -0.1) is 10.2 Å². The molecule has 0 aliphatic carbocycles. The van der Waals surface area contributed by atoms with Crippen molar-refractivity contribution in [3.63, 3.8) is 0 Å². The van der Waals surface area contributed by atoms with Gasteiger partial charge in [0.15, 0.2) is 11.5 Å². The first-order valence-electron chi connectivity index (χ1n) is 10.1. The molecule has 1 aliphatic rings. The number of aromatic nitrogens is 2. The Morgan fingerprint density at radius 1 is 0.938 bits per heavy atom. The zero-order valence-corrected chi connectivity index (χ0v) is 17.7. The maximum atomic E-state index is 12.3. The van der Waals surface area contributed by atoms with E-state index >= 15 is 0 Å². The number of nitrogens with one attached hydrogen (secondary N) is 1. The lowest BCUT2D eigenvalue weighted by Crippen LogP contribution is -2.31. The minimum Gasteiger partial charge on any atom is -0.486 e. The quantitative estimate of drug-likeness (QED) is 0.422. The van der Waals surface area contributed by atoms with Gasteiger partial charge in [0.25, 0.3) is 11.1 Å². The highest BCUT2D eigenvalue weighted by Gasteiger charge is 2.22. The molecule has 0 radical (unpaired) electrons. The zero-order valence-electron chi connectivity index (χ0n) is 16.9. The molecule has 5 rings (SSSR count). The van der Waals surface area contributed by atoms with Crippen LogP contribution >= 0.6 is 11.8 Å². The topological polar surface area (TPSA) is 86.5 Å². The fourth-order valence-corrected chi connectivity index (χ4v) is 3.91. The number of rotatable bonds is 6. The summed E-state index contributed by atoms with van der Waals surface area (Å²) in [6.07, 6.45) is -0.0993. The summed E-state index contributed by atoms with van der Waals surface area (Å²) in [4.78, 5) is 12.3. The Labute approximate surface area is 188 Å². The van der Waals surface area contributed by atoms with Crippen LogP contribution in [0.3, 0.4) is 0 Å². The standard InChI is InChI=1S/C24H19N3O4S/c28-22(16-6-2-1-3-7-16)25-18-12-10-17(11-13-18)23-26-27-24(31-23)32-15-19-14-29-20-8-4-5-9-21(20)30-19/h1-13,19H,14-15H2,(H,25,28). The number of carbonyl (C=O) groups excluding carboxylic acids is 1. The molecule has 3 aromatic carbocycles. The average Bonchev–Trinajstić information content (AvgIpc) is 3.33. The number of hydrogen-bond acceptors (Lipinski definition) is 7. The van der Waals surface area contributed by atoms with E-state index in [1.807, 2.05) is 54.6 Å². The van der Waals surface area contributed by atoms with Crippen LogP contribution in [0.2, 0.25) is 0 Å². The van der Waals surface area contributed by atoms with Crippen molar-refractivity contribution in [2.24, 2.45) is 0 Å². The maximum absolute atomic E-state index is 12.3. The van der Waals surface area contributed by atoms with Crippen molar-refractivity contribution in [2.45, 2.75) is 11.3 Å². The van der Waals surface area contributed by atoms with Gasteiger partial charge in [-0.05, 0) is 48.5 Å². The Bertz CT molecular complexity index is 1210. The number of benzene rings is 3. The molecule has 1 atom stereocenters. The van der Waals surface area contributed by atoms with Crippen molar-refractivity contribution >= 4 is 23.4 Å². The molecule has 4 aromatic rings. The lowest BCUT2D eigenvalue weighted by molar-refractivity contribution is 0.102. The molecule has 0 bridgehead atoms. The number of hydrogen-bond donors (Lipinski definition) is 1. The molecule has 0 spiro atoms. The monoisotopic (exact) mass is 445 g/mol. The number of nitrogens with zero attached hydrogens (tertiary/aromatic N) is 2. The molecular formula is C24H19N3O4S. The van der Waals surface area contributed by atoms with Crippen LogP contribution in [0.1, 0.15) is 10.4 Å². The normalized spacial score (nSPS) is 14.7. The molecule has 1 aromatic heterocycles. The number of thioether (sulfide) groups is 1. The second-order valence-electron chi connectivity index (χ2n) is 7.08. The van der Waals surface area contributed by atoms with Crippen molar-refractivity contribution < 1.29 is 18.7 Å². The molecule has 32 heavy (non-hydrogen) atoms. The van der Waals surface area contributed by atoms with E-state index in [4.69, 9.17) is 13.9 Å². The van der Waals surface area contributed by atoms with Crippen molar-refractivity contribution in [1.29, 1.82) is 0 Å². The van der Waals surface area contributed by atoms with Crippen LogP contribution < -0.4 is 14.8 Å². The third kappa shape index (κ3) is 4.60. The second kappa shape index (κ2) is 9.15. The number of anilines is 1. The highest BCUT2D eigenvalue weighted by atomic mass is 32.2. The highest BCUT2D eigenvalue weighted by molar-refractivity contribution is 7.99. The predicted octanol–water partition coefficient (Wildman–Crippen LogP) is 4.92. The largest absolute Gasteiger partial charge is 0.486 e. The zero-order chi connectivity index (χ0) is 21.8. The second-order valence-corrected chi connectivity index (χ2v) is 8.05. The SMILES string of the molecule is O=C(Nc1ccc(-c2nnc(SCC3COc4ccccc4O3)o2)cc1)c1ccccc1. The molecular weight excluding hydrogens is 426 g/mol. The summed E-state index contributed by atoms with van der Waals surface area (Å²) in [5, 5.41) is 11.6. The summed E-state index contributed by atoms with van der Waals surface area (Å²) >= 11 is 1.42. The van der Waals surface area contributed by atoms with Gasteiger partial charge < -0.3 is 19.2 Å². The minimum absolute atomic E-state index is 0.0993. The lowest BCUT2D eigenvalue weighted by atomic mass is 10.2. The number of carbonyl (C=O) groups is 1. The molecule has 7 nitrogen and oxygen atoms in total. The molecule has 1 unspecified atom stereocenters. The van der Waals surface area contributed by atoms with E-state index < -0.39 is 0 Å². The summed E-state index contributed by atoms with van der Waals surface area (Å²) < 4.78 is 17.5. The van der Waals surface area contributed by atoms with Gasteiger partial charge >= 0.3 is 0 Å². The molecule has 0 saturated heterocycles. The predicted molar refractivity (Wildman–Crippen MR) is 121 cm³/mol. The average molecular weight is 446 g/mol. The van der Waals surface area contributed by atoms with E-state index in [1.165, 1.54) is 11.8 Å². The highest BCUT2D eigenvalue weighted by Crippen LogP contribution is 2.32. The summed E-state index contributed by atoms with van der Waals surface area (Å²) in [6, 6.07) is 24.0. The maximum Gasteiger partial charge on any atom is 0.276 e. The summed E-state index contributed by atoms with van der Waals surface area (Å²) in [6.45, 7) is 0.473. The third-order valence-corrected chi connectivity index (χ3v) is 5.74. The number of para-hydroxylation sites is 2. The number of amides is 1. The van der Waals surface area contributed by atoms with Crippen molar-refractivity contribution in [1.82, 2.24) is 10.2 Å². The van der Waals surface area contributed by atoms with Crippen molar-refractivity contribution in [2.75, 3.05) is 17.7 Å². The minimum atomic E-state index is -0.161. The van der Waals surface area contributed by atoms with Crippen LogP contribution in [0.4, 0.5) is 5.69 Å². The van der Waals surface area contributed by atoms with Crippen molar-refractivity contribution in [3.05, 3.63) is 84.4 Å². The fourth-order valence-electron chi connectivity index (χ4n) is 3.18. The number of fused-ring (bicyclic) bond motifs is 1. The number of ether oxygens (including phenoxy) is 2. The molecule has 0 saturated carbocycles. The van der Waals surface area contributed by atoms with Gasteiger partial charge in [-0.2, -0.15) is 0 Å². The van der Waals surface area contributed by atoms with E-state index in [2.05, 4.69) is 15.5 Å². The molecule has 160 valence electrons. The Hall–Kier alpha value is -3.78. The molecule has 1 N–H and O–H groups in total. The molecule has 0 fully saturated rings. The first-order chi connectivity index (χ1) is 15.7. The van der Waals surface area contributed by atoms with Crippen LogP contribution in [0.5, 0.6) is 11.5 Å². The van der Waals surface area contributed by atoms with Gasteiger partial charge in [0.2, 0.25) is 5.89 Å². The van der Waals surface area contributed by atoms with E-state index in [0.717, 1.165) is 17.1 Å². The van der Waals surface area contributed by atoms with Gasteiger partial charge in [-0.3, -0.25) is 4.79 Å².